The lowest BCUT2D eigenvalue weighted by Crippen LogP contribution is -2.31. The van der Waals surface area contributed by atoms with Crippen LogP contribution in [0.1, 0.15) is 0 Å². The van der Waals surface area contributed by atoms with E-state index in [9.17, 15) is 18.0 Å². The molecule has 152 valence electrons. The number of benzene rings is 3. The quantitative estimate of drug-likeness (QED) is 0.490. The molecule has 4 rings (SSSR count). The van der Waals surface area contributed by atoms with Gasteiger partial charge in [0.25, 0.3) is 0 Å². The lowest BCUT2D eigenvalue weighted by Gasteiger charge is -2.12. The number of amides is 2. The van der Waals surface area contributed by atoms with Crippen molar-refractivity contribution in [1.82, 2.24) is 14.9 Å². The molecule has 0 aliphatic carbocycles. The molecular formula is C22H17F3N4O. The molecule has 4 aromatic rings. The molecule has 0 saturated heterocycles. The largest absolute Gasteiger partial charge is 0.336 e. The molecule has 0 spiro atoms. The summed E-state index contributed by atoms with van der Waals surface area (Å²) in [6.07, 6.45) is 0. The lowest BCUT2D eigenvalue weighted by atomic mass is 10.2. The van der Waals surface area contributed by atoms with Gasteiger partial charge in [-0.1, -0.05) is 12.1 Å². The summed E-state index contributed by atoms with van der Waals surface area (Å²) >= 11 is 0. The zero-order chi connectivity index (χ0) is 21.1. The van der Waals surface area contributed by atoms with Gasteiger partial charge in [-0.3, -0.25) is 0 Å². The van der Waals surface area contributed by atoms with E-state index in [-0.39, 0.29) is 18.0 Å². The van der Waals surface area contributed by atoms with Crippen LogP contribution in [0.3, 0.4) is 0 Å². The van der Waals surface area contributed by atoms with Crippen LogP contribution in [0.2, 0.25) is 0 Å². The third-order valence-corrected chi connectivity index (χ3v) is 4.56. The van der Waals surface area contributed by atoms with E-state index in [4.69, 9.17) is 0 Å². The van der Waals surface area contributed by atoms with Crippen molar-refractivity contribution in [1.29, 1.82) is 0 Å². The topological polar surface area (TPSA) is 59.0 Å². The van der Waals surface area contributed by atoms with Crippen LogP contribution in [-0.2, 0) is 6.54 Å². The first-order chi connectivity index (χ1) is 14.5. The zero-order valence-electron chi connectivity index (χ0n) is 15.7. The van der Waals surface area contributed by atoms with Crippen molar-refractivity contribution in [2.45, 2.75) is 6.54 Å². The molecule has 1 aromatic heterocycles. The number of halogens is 3. The molecule has 2 amide bonds. The number of aromatic nitrogens is 2. The molecular weight excluding hydrogens is 393 g/mol. The van der Waals surface area contributed by atoms with E-state index < -0.39 is 17.7 Å². The molecule has 0 bridgehead atoms. The minimum atomic E-state index is -0.857. The van der Waals surface area contributed by atoms with Gasteiger partial charge in [-0.25, -0.2) is 22.9 Å². The number of rotatable bonds is 5. The number of fused-ring (bicyclic) bond motifs is 1. The zero-order valence-corrected chi connectivity index (χ0v) is 15.7. The molecule has 0 aliphatic heterocycles. The van der Waals surface area contributed by atoms with E-state index in [0.717, 1.165) is 28.7 Å². The molecule has 0 aliphatic rings. The number of imidazole rings is 1. The highest BCUT2D eigenvalue weighted by atomic mass is 19.1. The second kappa shape index (κ2) is 8.28. The molecule has 8 heteroatoms. The normalized spacial score (nSPS) is 10.9. The average Bonchev–Trinajstić information content (AvgIpc) is 3.09. The van der Waals surface area contributed by atoms with Crippen LogP contribution < -0.4 is 10.6 Å². The van der Waals surface area contributed by atoms with E-state index in [2.05, 4.69) is 15.6 Å². The van der Waals surface area contributed by atoms with E-state index in [0.29, 0.717) is 18.4 Å². The van der Waals surface area contributed by atoms with Gasteiger partial charge in [0.15, 0.2) is 0 Å². The van der Waals surface area contributed by atoms with E-state index in [1.165, 1.54) is 12.1 Å². The third kappa shape index (κ3) is 4.12. The highest BCUT2D eigenvalue weighted by molar-refractivity contribution is 5.89. The molecule has 2 N–H and O–H groups in total. The van der Waals surface area contributed by atoms with Crippen LogP contribution >= 0.6 is 0 Å². The Morgan fingerprint density at radius 2 is 1.67 bits per heavy atom. The Morgan fingerprint density at radius 1 is 0.933 bits per heavy atom. The smallest absolute Gasteiger partial charge is 0.319 e. The molecule has 0 atom stereocenters. The fourth-order valence-electron chi connectivity index (χ4n) is 3.16. The van der Waals surface area contributed by atoms with Crippen molar-refractivity contribution in [3.05, 3.63) is 84.2 Å². The van der Waals surface area contributed by atoms with Crippen LogP contribution in [-0.4, -0.2) is 22.1 Å². The summed E-state index contributed by atoms with van der Waals surface area (Å²) in [5, 5.41) is 4.99. The highest BCUT2D eigenvalue weighted by Crippen LogP contribution is 2.25. The summed E-state index contributed by atoms with van der Waals surface area (Å²) in [5.41, 5.74) is 2.26. The van der Waals surface area contributed by atoms with Crippen molar-refractivity contribution >= 4 is 22.8 Å². The van der Waals surface area contributed by atoms with Crippen LogP contribution in [0.25, 0.3) is 22.4 Å². The summed E-state index contributed by atoms with van der Waals surface area (Å²) < 4.78 is 41.9. The van der Waals surface area contributed by atoms with Gasteiger partial charge < -0.3 is 15.2 Å². The minimum Gasteiger partial charge on any atom is -0.336 e. The summed E-state index contributed by atoms with van der Waals surface area (Å²) in [7, 11) is 0. The van der Waals surface area contributed by atoms with Crippen LogP contribution in [0.4, 0.5) is 23.7 Å². The summed E-state index contributed by atoms with van der Waals surface area (Å²) in [4.78, 5) is 16.7. The number of nitrogens with zero attached hydrogens (tertiary/aromatic N) is 2. The third-order valence-electron chi connectivity index (χ3n) is 4.56. The Morgan fingerprint density at radius 3 is 2.43 bits per heavy atom. The van der Waals surface area contributed by atoms with Crippen LogP contribution in [0.5, 0.6) is 0 Å². The Bertz CT molecular complexity index is 1200. The first kappa shape index (κ1) is 19.5. The fourth-order valence-corrected chi connectivity index (χ4v) is 3.16. The molecule has 0 fully saturated rings. The highest BCUT2D eigenvalue weighted by Gasteiger charge is 2.13. The van der Waals surface area contributed by atoms with Crippen molar-refractivity contribution in [3.63, 3.8) is 0 Å². The molecule has 30 heavy (non-hydrogen) atoms. The van der Waals surface area contributed by atoms with Gasteiger partial charge >= 0.3 is 6.03 Å². The van der Waals surface area contributed by atoms with Gasteiger partial charge in [-0.15, -0.1) is 0 Å². The monoisotopic (exact) mass is 410 g/mol. The summed E-state index contributed by atoms with van der Waals surface area (Å²) in [6, 6.07) is 15.8. The fraction of sp³-hybridized carbons (Fsp3) is 0.0909. The second-order valence-electron chi connectivity index (χ2n) is 6.59. The number of carbonyl (C=O) groups is 1. The Kier molecular flexibility index (Phi) is 5.38. The van der Waals surface area contributed by atoms with Gasteiger partial charge in [0, 0.05) is 24.7 Å². The minimum absolute atomic E-state index is 0.117. The standard InChI is InChI=1S/C22H17F3N4O/c23-15-7-5-14(6-8-15)21-27-19-3-1-2-4-20(19)29(21)12-11-26-22(30)28-18-10-9-16(24)13-17(18)25/h1-10,13H,11-12H2,(H2,26,28,30). The first-order valence-corrected chi connectivity index (χ1v) is 9.22. The van der Waals surface area contributed by atoms with Gasteiger partial charge in [-0.2, -0.15) is 0 Å². The van der Waals surface area contributed by atoms with E-state index in [1.54, 1.807) is 12.1 Å². The molecule has 3 aromatic carbocycles. The number of para-hydroxylation sites is 2. The molecule has 0 radical (unpaired) electrons. The Labute approximate surface area is 170 Å². The number of carbonyl (C=O) groups excluding carboxylic acids is 1. The maximum Gasteiger partial charge on any atom is 0.319 e. The van der Waals surface area contributed by atoms with Gasteiger partial charge in [-0.05, 0) is 48.5 Å². The molecule has 1 heterocycles. The Hall–Kier alpha value is -3.81. The van der Waals surface area contributed by atoms with Crippen molar-refractivity contribution in [3.8, 4) is 11.4 Å². The lowest BCUT2D eigenvalue weighted by molar-refractivity contribution is 0.251. The number of urea groups is 1. The maximum absolute atomic E-state index is 13.7. The maximum atomic E-state index is 13.7. The molecule has 5 nitrogen and oxygen atoms in total. The van der Waals surface area contributed by atoms with Crippen LogP contribution in [0, 0.1) is 17.5 Å². The van der Waals surface area contributed by atoms with Crippen molar-refractivity contribution in [2.24, 2.45) is 0 Å². The van der Waals surface area contributed by atoms with E-state index in [1.807, 2.05) is 28.8 Å². The van der Waals surface area contributed by atoms with Crippen molar-refractivity contribution in [2.75, 3.05) is 11.9 Å². The first-order valence-electron chi connectivity index (χ1n) is 9.22. The number of anilines is 1. The average molecular weight is 410 g/mol. The second-order valence-corrected chi connectivity index (χ2v) is 6.59. The number of hydrogen-bond acceptors (Lipinski definition) is 2. The molecule has 0 unspecified atom stereocenters. The van der Waals surface area contributed by atoms with Crippen molar-refractivity contribution < 1.29 is 18.0 Å². The van der Waals surface area contributed by atoms with Crippen LogP contribution in [0.15, 0.2) is 66.7 Å². The predicted octanol–water partition coefficient (Wildman–Crippen LogP) is 4.94. The predicted molar refractivity (Wildman–Crippen MR) is 109 cm³/mol. The van der Waals surface area contributed by atoms with Gasteiger partial charge in [0.1, 0.15) is 23.3 Å². The van der Waals surface area contributed by atoms with E-state index >= 15 is 0 Å². The summed E-state index contributed by atoms with van der Waals surface area (Å²) in [6.45, 7) is 0.607. The SMILES string of the molecule is O=C(NCCn1c(-c2ccc(F)cc2)nc2ccccc21)Nc1ccc(F)cc1F. The Balaban J connectivity index is 1.50. The molecule has 0 saturated carbocycles. The summed E-state index contributed by atoms with van der Waals surface area (Å²) in [5.74, 6) is -1.28. The number of hydrogen-bond donors (Lipinski definition) is 2. The van der Waals surface area contributed by atoms with Gasteiger partial charge in [0.05, 0.1) is 16.7 Å². The number of nitrogens with one attached hydrogen (secondary N) is 2. The van der Waals surface area contributed by atoms with Gasteiger partial charge in [0.2, 0.25) is 0 Å².